The molecule has 3 nitrogen and oxygen atoms in total. The van der Waals surface area contributed by atoms with Crippen molar-refractivity contribution in [3.63, 3.8) is 0 Å². The van der Waals surface area contributed by atoms with E-state index in [0.29, 0.717) is 6.42 Å². The molecule has 0 N–H and O–H groups in total. The van der Waals surface area contributed by atoms with E-state index in [4.69, 9.17) is 4.74 Å². The Morgan fingerprint density at radius 1 is 1.24 bits per heavy atom. The van der Waals surface area contributed by atoms with Gasteiger partial charge in [0, 0.05) is 16.5 Å². The zero-order valence-corrected chi connectivity index (χ0v) is 15.3. The number of unbranched alkanes of at least 4 members (excludes halogenated alkanes) is 1. The summed E-state index contributed by atoms with van der Waals surface area (Å²) >= 11 is 9.01. The smallest absolute Gasteiger partial charge is 0.352 e. The Balaban J connectivity index is 0. The molecule has 0 saturated carbocycles. The summed E-state index contributed by atoms with van der Waals surface area (Å²) in [4.78, 5) is 23.0. The molecule has 0 aromatic rings. The van der Waals surface area contributed by atoms with Gasteiger partial charge in [0.05, 0.1) is 5.92 Å². The van der Waals surface area contributed by atoms with Crippen LogP contribution in [-0.4, -0.2) is 14.1 Å². The van der Waals surface area contributed by atoms with Crippen LogP contribution in [-0.2, 0) is 30.8 Å². The minimum Gasteiger partial charge on any atom is -0.391 e. The van der Waals surface area contributed by atoms with Crippen LogP contribution in [0.2, 0.25) is 0 Å². The minimum atomic E-state index is -1.17. The number of halogens is 3. The molecule has 1 atom stereocenters. The number of alkyl halides is 3. The molecule has 0 aromatic heterocycles. The van der Waals surface area contributed by atoms with Crippen LogP contribution >= 0.6 is 47.8 Å². The molecule has 0 spiro atoms. The normalized spacial score (nSPS) is 12.5. The number of carbonyl (C=O) groups excluding carboxylic acids is 2. The van der Waals surface area contributed by atoms with E-state index in [1.807, 2.05) is 6.92 Å². The predicted molar refractivity (Wildman–Crippen MR) is 73.9 cm³/mol. The number of rotatable bonds is 5. The fourth-order valence-corrected chi connectivity index (χ4v) is 1.41. The van der Waals surface area contributed by atoms with Crippen LogP contribution in [0.1, 0.15) is 39.5 Å². The molecule has 0 heterocycles. The first-order valence-corrected chi connectivity index (χ1v) is 7.53. The molecule has 0 rings (SSSR count). The van der Waals surface area contributed by atoms with Crippen molar-refractivity contribution >= 4 is 59.7 Å². The Labute approximate surface area is 137 Å². The Morgan fingerprint density at radius 2 is 1.76 bits per heavy atom. The first kappa shape index (κ1) is 20.4. The third-order valence-corrected chi connectivity index (χ3v) is 3.13. The zero-order chi connectivity index (χ0) is 12.8. The maximum atomic E-state index is 11.6. The van der Waals surface area contributed by atoms with E-state index in [-0.39, 0.29) is 22.4 Å². The third-order valence-electron chi connectivity index (χ3n) is 2.16. The molecule has 0 aliphatic carbocycles. The van der Waals surface area contributed by atoms with Gasteiger partial charge in [-0.15, -0.1) is 0 Å². The summed E-state index contributed by atoms with van der Waals surface area (Å²) in [5.74, 6) is -1.34. The number of ether oxygens (including phenoxy) is 1. The fraction of sp³-hybridized carbons (Fsp3) is 0.800. The average Bonchev–Trinajstić information content (AvgIpc) is 2.17. The minimum absolute atomic E-state index is 0. The van der Waals surface area contributed by atoms with E-state index in [1.165, 1.54) is 0 Å². The van der Waals surface area contributed by atoms with Crippen LogP contribution in [0.3, 0.4) is 0 Å². The first-order valence-electron chi connectivity index (χ1n) is 5.15. The van der Waals surface area contributed by atoms with Gasteiger partial charge in [0.2, 0.25) is 2.14 Å². The van der Waals surface area contributed by atoms with Gasteiger partial charge in [-0.25, -0.2) is 4.79 Å². The summed E-state index contributed by atoms with van der Waals surface area (Å²) in [6.45, 7) is 3.97. The van der Waals surface area contributed by atoms with Crippen molar-refractivity contribution in [2.24, 2.45) is 5.92 Å². The first-order chi connectivity index (χ1) is 7.32. The molecule has 0 bridgehead atoms. The fourth-order valence-electron chi connectivity index (χ4n) is 1.17. The van der Waals surface area contributed by atoms with Gasteiger partial charge in [0.25, 0.3) is 0 Å². The van der Waals surface area contributed by atoms with Gasteiger partial charge < -0.3 is 4.74 Å². The maximum absolute atomic E-state index is 11.6. The molecule has 0 fully saturated rings. The van der Waals surface area contributed by atoms with Gasteiger partial charge >= 0.3 is 11.9 Å². The van der Waals surface area contributed by atoms with Crippen molar-refractivity contribution in [1.29, 1.82) is 0 Å². The molecule has 7 heteroatoms. The Morgan fingerprint density at radius 3 is 2.12 bits per heavy atom. The monoisotopic (exact) mass is 478 g/mol. The van der Waals surface area contributed by atoms with Crippen molar-refractivity contribution in [3.05, 3.63) is 0 Å². The Hall–Kier alpha value is 1.07. The number of hydrogen-bond donors (Lipinski definition) is 0. The number of carbonyl (C=O) groups is 2. The topological polar surface area (TPSA) is 43.4 Å². The average molecular weight is 482 g/mol. The number of esters is 2. The van der Waals surface area contributed by atoms with Crippen LogP contribution in [0.4, 0.5) is 0 Å². The van der Waals surface area contributed by atoms with E-state index in [2.05, 4.69) is 54.7 Å². The molecule has 0 amide bonds. The summed E-state index contributed by atoms with van der Waals surface area (Å²) in [5.41, 5.74) is 0. The standard InChI is InChI=1S/C10H15Br3O3.Ni/c1-3-5-6-7(4-2)8(14)16-9(15)10(11,12)13;/h7H,3-6H2,1-2H3;. The Bertz CT molecular complexity index is 254. The molecule has 0 aliphatic rings. The van der Waals surface area contributed by atoms with Gasteiger partial charge in [0.15, 0.2) is 0 Å². The molecular formula is C10H15Br3NiO3. The van der Waals surface area contributed by atoms with Gasteiger partial charge in [-0.3, -0.25) is 4.79 Å². The van der Waals surface area contributed by atoms with Gasteiger partial charge in [-0.2, -0.15) is 0 Å². The summed E-state index contributed by atoms with van der Waals surface area (Å²) in [7, 11) is 0. The number of hydrogen-bond acceptors (Lipinski definition) is 3. The quantitative estimate of drug-likeness (QED) is 0.257. The van der Waals surface area contributed by atoms with E-state index in [9.17, 15) is 9.59 Å². The summed E-state index contributed by atoms with van der Waals surface area (Å²) in [5, 5.41) is 0. The largest absolute Gasteiger partial charge is 0.391 e. The van der Waals surface area contributed by atoms with E-state index < -0.39 is 14.1 Å². The maximum Gasteiger partial charge on any atom is 0.352 e. The van der Waals surface area contributed by atoms with Gasteiger partial charge in [-0.05, 0) is 60.6 Å². The van der Waals surface area contributed by atoms with Crippen LogP contribution in [0.15, 0.2) is 0 Å². The molecule has 0 aromatic carbocycles. The van der Waals surface area contributed by atoms with E-state index >= 15 is 0 Å². The summed E-state index contributed by atoms with van der Waals surface area (Å²) in [6.07, 6.45) is 3.44. The second-order valence-corrected chi connectivity index (χ2v) is 10.2. The van der Waals surface area contributed by atoms with Crippen molar-refractivity contribution in [2.75, 3.05) is 0 Å². The van der Waals surface area contributed by atoms with Crippen molar-refractivity contribution in [3.8, 4) is 0 Å². The van der Waals surface area contributed by atoms with Gasteiger partial charge in [0.1, 0.15) is 0 Å². The molecule has 0 radical (unpaired) electrons. The summed E-state index contributed by atoms with van der Waals surface area (Å²) < 4.78 is 3.57. The Kier molecular flexibility index (Phi) is 11.9. The molecule has 0 saturated heterocycles. The van der Waals surface area contributed by atoms with Crippen LogP contribution in [0, 0.1) is 5.92 Å². The summed E-state index contributed by atoms with van der Waals surface area (Å²) in [6, 6.07) is 0. The molecule has 0 aliphatic heterocycles. The third kappa shape index (κ3) is 8.74. The van der Waals surface area contributed by atoms with Crippen molar-refractivity contribution in [2.45, 2.75) is 41.7 Å². The zero-order valence-electron chi connectivity index (χ0n) is 9.58. The molecule has 17 heavy (non-hydrogen) atoms. The van der Waals surface area contributed by atoms with Crippen LogP contribution in [0.5, 0.6) is 0 Å². The van der Waals surface area contributed by atoms with Crippen LogP contribution in [0.25, 0.3) is 0 Å². The second kappa shape index (κ2) is 9.93. The SMILES string of the molecule is CCCCC(CC)C(=O)OC(=O)C(Br)(Br)Br.[Ni]. The molecular weight excluding hydrogens is 467 g/mol. The second-order valence-electron chi connectivity index (χ2n) is 3.45. The predicted octanol–water partition coefficient (Wildman–Crippen LogP) is 4.11. The van der Waals surface area contributed by atoms with Crippen molar-refractivity contribution < 1.29 is 30.8 Å². The van der Waals surface area contributed by atoms with E-state index in [0.717, 1.165) is 19.3 Å². The molecule has 1 unspecified atom stereocenters. The molecule has 104 valence electrons. The van der Waals surface area contributed by atoms with Crippen molar-refractivity contribution in [1.82, 2.24) is 0 Å². The van der Waals surface area contributed by atoms with E-state index in [1.54, 1.807) is 0 Å². The van der Waals surface area contributed by atoms with Crippen LogP contribution < -0.4 is 0 Å². The van der Waals surface area contributed by atoms with Gasteiger partial charge in [-0.1, -0.05) is 26.7 Å².